The van der Waals surface area contributed by atoms with Gasteiger partial charge in [-0.1, -0.05) is 17.7 Å². The number of likely N-dealkylation sites (tertiary alicyclic amines) is 1. The molecule has 3 N–H and O–H groups in total. The molecule has 3 aromatic heterocycles. The van der Waals surface area contributed by atoms with Crippen molar-refractivity contribution in [3.05, 3.63) is 100 Å². The van der Waals surface area contributed by atoms with Crippen molar-refractivity contribution in [2.24, 2.45) is 13.0 Å². The van der Waals surface area contributed by atoms with Crippen LogP contribution in [-0.4, -0.2) is 129 Å². The first kappa shape index (κ1) is 46.8. The highest BCUT2D eigenvalue weighted by Gasteiger charge is 2.35. The van der Waals surface area contributed by atoms with Gasteiger partial charge in [0.25, 0.3) is 11.8 Å². The van der Waals surface area contributed by atoms with Crippen molar-refractivity contribution in [3.63, 3.8) is 0 Å². The van der Waals surface area contributed by atoms with Crippen molar-refractivity contribution >= 4 is 53.2 Å². The lowest BCUT2D eigenvalue weighted by molar-refractivity contribution is -0.895. The number of pyridine rings is 1. The Hall–Kier alpha value is -6.73. The van der Waals surface area contributed by atoms with E-state index in [1.165, 1.54) is 42.1 Å². The number of carbonyl (C=O) groups is 5. The Kier molecular flexibility index (Phi) is 14.8. The van der Waals surface area contributed by atoms with E-state index in [9.17, 15) is 19.2 Å². The first-order valence-corrected chi connectivity index (χ1v) is 21.0. The number of benzene rings is 2. The SMILES string of the molecule is Cc1ccc(NC(=O)NCCn2cc(-c3ccc(-c4cnc(C(=O)Nc5ccc(C(=O)N6CCN(C(=O)C7CC[N+](C)(C)CC7)CC6)c(Cl)c5)n4C)c(F)c3F)c(C)n2)cn1.O=C[O-]. The number of piperidine rings is 1. The maximum atomic E-state index is 15.8. The zero-order valence-electron chi connectivity index (χ0n) is 36.2. The molecule has 20 heteroatoms. The van der Waals surface area contributed by atoms with E-state index in [1.807, 2.05) is 11.8 Å². The summed E-state index contributed by atoms with van der Waals surface area (Å²) in [5.74, 6) is -3.01. The molecule has 17 nitrogen and oxygen atoms in total. The number of anilines is 2. The third-order valence-electron chi connectivity index (χ3n) is 11.4. The number of quaternary nitrogens is 1. The van der Waals surface area contributed by atoms with Crippen molar-refractivity contribution in [2.75, 3.05) is 70.5 Å². The molecule has 2 aliphatic rings. The van der Waals surface area contributed by atoms with E-state index in [1.54, 1.807) is 47.1 Å². The third-order valence-corrected chi connectivity index (χ3v) is 11.7. The molecule has 2 aromatic carbocycles. The normalized spacial score (nSPS) is 14.9. The van der Waals surface area contributed by atoms with E-state index in [4.69, 9.17) is 21.5 Å². The molecule has 2 aliphatic heterocycles. The van der Waals surface area contributed by atoms with Gasteiger partial charge in [0.1, 0.15) is 0 Å². The molecule has 0 saturated carbocycles. The van der Waals surface area contributed by atoms with Gasteiger partial charge in [-0.15, -0.1) is 0 Å². The van der Waals surface area contributed by atoms with Crippen molar-refractivity contribution < 1.29 is 42.3 Å². The average molecular weight is 902 g/mol. The van der Waals surface area contributed by atoms with E-state index in [0.29, 0.717) is 48.8 Å². The van der Waals surface area contributed by atoms with Crippen LogP contribution in [-0.2, 0) is 23.2 Å². The van der Waals surface area contributed by atoms with Crippen LogP contribution >= 0.6 is 11.6 Å². The number of hydrogen-bond donors (Lipinski definition) is 3. The molecule has 0 aliphatic carbocycles. The predicted molar refractivity (Wildman–Crippen MR) is 233 cm³/mol. The number of hydrogen-bond acceptors (Lipinski definition) is 9. The summed E-state index contributed by atoms with van der Waals surface area (Å²) in [4.78, 5) is 72.4. The number of piperazine rings is 1. The minimum atomic E-state index is -1.13. The van der Waals surface area contributed by atoms with Gasteiger partial charge in [-0.25, -0.2) is 18.6 Å². The maximum Gasteiger partial charge on any atom is 0.319 e. The lowest BCUT2D eigenvalue weighted by atomic mass is 9.94. The third kappa shape index (κ3) is 10.9. The number of imidazole rings is 1. The summed E-state index contributed by atoms with van der Waals surface area (Å²) in [5, 5.41) is 20.9. The number of aromatic nitrogens is 5. The highest BCUT2D eigenvalue weighted by atomic mass is 35.5. The van der Waals surface area contributed by atoms with E-state index in [-0.39, 0.29) is 64.1 Å². The largest absolute Gasteiger partial charge is 0.554 e. The second kappa shape index (κ2) is 20.2. The Morgan fingerprint density at radius 1 is 0.875 bits per heavy atom. The second-order valence-electron chi connectivity index (χ2n) is 16.3. The van der Waals surface area contributed by atoms with Gasteiger partial charge in [0.05, 0.1) is 73.8 Å². The Balaban J connectivity index is 0.00000220. The molecule has 5 heterocycles. The number of aryl methyl sites for hydroxylation is 2. The summed E-state index contributed by atoms with van der Waals surface area (Å²) in [7, 11) is 5.88. The van der Waals surface area contributed by atoms with Gasteiger partial charge in [0.15, 0.2) is 17.5 Å². The van der Waals surface area contributed by atoms with Crippen LogP contribution in [0.3, 0.4) is 0 Å². The van der Waals surface area contributed by atoms with Crippen LogP contribution < -0.4 is 21.1 Å². The first-order valence-electron chi connectivity index (χ1n) is 20.6. The van der Waals surface area contributed by atoms with Crippen LogP contribution in [0.15, 0.2) is 61.1 Å². The Bertz CT molecular complexity index is 2530. The number of halogens is 3. The number of nitrogens with one attached hydrogen (secondary N) is 3. The number of urea groups is 1. The first-order chi connectivity index (χ1) is 30.5. The smallest absolute Gasteiger partial charge is 0.319 e. The fourth-order valence-corrected chi connectivity index (χ4v) is 8.01. The molecular formula is C44H50ClF2N11O6. The van der Waals surface area contributed by atoms with E-state index in [2.05, 4.69) is 45.1 Å². The molecule has 7 rings (SSSR count). The summed E-state index contributed by atoms with van der Waals surface area (Å²) in [6.45, 7) is 7.15. The summed E-state index contributed by atoms with van der Waals surface area (Å²) < 4.78 is 35.3. The van der Waals surface area contributed by atoms with Crippen molar-refractivity contribution in [3.8, 4) is 22.4 Å². The molecule has 5 amide bonds. The van der Waals surface area contributed by atoms with Crippen LogP contribution in [0.5, 0.6) is 0 Å². The Morgan fingerprint density at radius 3 is 2.17 bits per heavy atom. The molecule has 0 atom stereocenters. The van der Waals surface area contributed by atoms with Gasteiger partial charge in [0, 0.05) is 99.3 Å². The van der Waals surface area contributed by atoms with Gasteiger partial charge < -0.3 is 44.7 Å². The lowest BCUT2D eigenvalue weighted by Gasteiger charge is -2.40. The van der Waals surface area contributed by atoms with Gasteiger partial charge in [-0.05, 0) is 50.2 Å². The van der Waals surface area contributed by atoms with Crippen LogP contribution in [0.4, 0.5) is 25.0 Å². The monoisotopic (exact) mass is 901 g/mol. The molecule has 2 fully saturated rings. The summed E-state index contributed by atoms with van der Waals surface area (Å²) in [5.41, 5.74) is 2.83. The molecule has 64 heavy (non-hydrogen) atoms. The maximum absolute atomic E-state index is 15.8. The van der Waals surface area contributed by atoms with Crippen molar-refractivity contribution in [2.45, 2.75) is 33.2 Å². The van der Waals surface area contributed by atoms with Gasteiger partial charge >= 0.3 is 6.03 Å². The van der Waals surface area contributed by atoms with Gasteiger partial charge in [-0.2, -0.15) is 5.10 Å². The lowest BCUT2D eigenvalue weighted by Crippen LogP contribution is -2.54. The van der Waals surface area contributed by atoms with Gasteiger partial charge in [0.2, 0.25) is 5.91 Å². The molecule has 0 bridgehead atoms. The number of amides is 5. The molecule has 0 unspecified atom stereocenters. The Morgan fingerprint density at radius 2 is 1.52 bits per heavy atom. The van der Waals surface area contributed by atoms with Crippen LogP contribution in [0.2, 0.25) is 5.02 Å². The minimum absolute atomic E-state index is 0.00251. The molecule has 5 aromatic rings. The Labute approximate surface area is 373 Å². The van der Waals surface area contributed by atoms with E-state index >= 15 is 8.78 Å². The van der Waals surface area contributed by atoms with Crippen molar-refractivity contribution in [1.82, 2.24) is 39.4 Å². The number of carbonyl (C=O) groups excluding carboxylic acids is 5. The summed E-state index contributed by atoms with van der Waals surface area (Å²) in [6.07, 6.45) is 6.15. The minimum Gasteiger partial charge on any atom is -0.554 e. The summed E-state index contributed by atoms with van der Waals surface area (Å²) in [6, 6.07) is 10.5. The second-order valence-corrected chi connectivity index (χ2v) is 16.7. The average Bonchev–Trinajstić information content (AvgIpc) is 3.83. The van der Waals surface area contributed by atoms with E-state index < -0.39 is 30.0 Å². The highest BCUT2D eigenvalue weighted by molar-refractivity contribution is 6.34. The predicted octanol–water partition coefficient (Wildman–Crippen LogP) is 4.10. The van der Waals surface area contributed by atoms with Crippen LogP contribution in [0.25, 0.3) is 22.4 Å². The van der Waals surface area contributed by atoms with Crippen LogP contribution in [0.1, 0.15) is 45.2 Å². The number of nitrogens with zero attached hydrogens (tertiary/aromatic N) is 8. The fraction of sp³-hybridized carbons (Fsp3) is 0.364. The zero-order chi connectivity index (χ0) is 46.3. The van der Waals surface area contributed by atoms with Gasteiger partial charge in [-0.3, -0.25) is 24.0 Å². The highest BCUT2D eigenvalue weighted by Crippen LogP contribution is 2.33. The fourth-order valence-electron chi connectivity index (χ4n) is 7.75. The summed E-state index contributed by atoms with van der Waals surface area (Å²) >= 11 is 6.57. The van der Waals surface area contributed by atoms with Crippen molar-refractivity contribution in [1.29, 1.82) is 0 Å². The molecular weight excluding hydrogens is 852 g/mol. The molecule has 338 valence electrons. The topological polar surface area (TPSA) is 200 Å². The quantitative estimate of drug-likeness (QED) is 0.136. The zero-order valence-corrected chi connectivity index (χ0v) is 36.9. The molecule has 0 spiro atoms. The van der Waals surface area contributed by atoms with Crippen LogP contribution in [0, 0.1) is 31.4 Å². The molecule has 2 saturated heterocycles. The molecule has 0 radical (unpaired) electrons. The number of carboxylic acid groups (broad SMARTS) is 1. The standard InChI is InChI=1S/C43H48ClF2N11O4.CH2O2/c1-26-6-7-30(23-48-26)51-43(61)47-14-15-56-25-34(27(2)52-56)31-10-11-33(38(46)37(31)45)36-24-49-39(53(36)3)40(58)50-29-8-9-32(35(44)22-29)42(60)55-18-16-54(17-19-55)41(59)28-12-20-57(4,5)21-13-28;2-1-3/h6-11,22-25,28H,12-21H2,1-5H3,(H2-,47,50,51,58,60,61);1H,(H,2,3). The number of rotatable bonds is 10. The van der Waals surface area contributed by atoms with E-state index in [0.717, 1.165) is 36.1 Å².